The van der Waals surface area contributed by atoms with E-state index in [-0.39, 0.29) is 24.0 Å². The SMILES string of the molecule is CCNC(=NCC(C)C)NC(C)C(C)C.I. The van der Waals surface area contributed by atoms with E-state index in [1.165, 1.54) is 0 Å². The monoisotopic (exact) mass is 341 g/mol. The third-order valence-corrected chi connectivity index (χ3v) is 2.32. The minimum absolute atomic E-state index is 0. The van der Waals surface area contributed by atoms with Gasteiger partial charge in [0.2, 0.25) is 0 Å². The quantitative estimate of drug-likeness (QED) is 0.458. The van der Waals surface area contributed by atoms with Gasteiger partial charge in [-0.2, -0.15) is 0 Å². The van der Waals surface area contributed by atoms with Crippen LogP contribution in [0.3, 0.4) is 0 Å². The zero-order valence-electron chi connectivity index (χ0n) is 11.5. The lowest BCUT2D eigenvalue weighted by Crippen LogP contribution is -2.44. The highest BCUT2D eigenvalue weighted by atomic mass is 127. The fraction of sp³-hybridized carbons (Fsp3) is 0.917. The molecule has 0 aliphatic carbocycles. The Morgan fingerprint density at radius 2 is 1.69 bits per heavy atom. The van der Waals surface area contributed by atoms with Crippen LogP contribution in [0.4, 0.5) is 0 Å². The van der Waals surface area contributed by atoms with Crippen molar-refractivity contribution in [2.75, 3.05) is 13.1 Å². The summed E-state index contributed by atoms with van der Waals surface area (Å²) in [6.45, 7) is 14.8. The van der Waals surface area contributed by atoms with Crippen molar-refractivity contribution in [3.63, 3.8) is 0 Å². The Kier molecular flexibility index (Phi) is 11.7. The van der Waals surface area contributed by atoms with Gasteiger partial charge in [-0.25, -0.2) is 0 Å². The molecule has 0 amide bonds. The molecule has 4 heteroatoms. The minimum Gasteiger partial charge on any atom is -0.357 e. The molecule has 0 aromatic carbocycles. The number of nitrogens with one attached hydrogen (secondary N) is 2. The predicted molar refractivity (Wildman–Crippen MR) is 83.7 cm³/mol. The maximum absolute atomic E-state index is 4.53. The average molecular weight is 341 g/mol. The second-order valence-electron chi connectivity index (χ2n) is 4.79. The number of guanidine groups is 1. The number of halogens is 1. The first-order chi connectivity index (χ1) is 6.97. The lowest BCUT2D eigenvalue weighted by atomic mass is 10.1. The Morgan fingerprint density at radius 3 is 2.06 bits per heavy atom. The van der Waals surface area contributed by atoms with Crippen LogP contribution in [0.25, 0.3) is 0 Å². The molecule has 0 aromatic rings. The minimum atomic E-state index is 0. The molecule has 0 radical (unpaired) electrons. The van der Waals surface area contributed by atoms with E-state index < -0.39 is 0 Å². The van der Waals surface area contributed by atoms with E-state index in [0.717, 1.165) is 19.0 Å². The second kappa shape index (κ2) is 10.2. The molecule has 98 valence electrons. The predicted octanol–water partition coefficient (Wildman–Crippen LogP) is 2.86. The molecule has 1 unspecified atom stereocenters. The Balaban J connectivity index is 0. The first-order valence-electron chi connectivity index (χ1n) is 6.02. The summed E-state index contributed by atoms with van der Waals surface area (Å²) in [4.78, 5) is 4.53. The van der Waals surface area contributed by atoms with Gasteiger partial charge in [0.15, 0.2) is 5.96 Å². The van der Waals surface area contributed by atoms with Crippen molar-refractivity contribution in [1.29, 1.82) is 0 Å². The molecule has 0 aliphatic rings. The normalized spacial score (nSPS) is 13.6. The molecule has 0 heterocycles. The molecule has 0 saturated carbocycles. The van der Waals surface area contributed by atoms with E-state index >= 15 is 0 Å². The number of nitrogens with zero attached hydrogens (tertiary/aromatic N) is 1. The molecule has 0 saturated heterocycles. The zero-order chi connectivity index (χ0) is 11.8. The van der Waals surface area contributed by atoms with Crippen molar-refractivity contribution < 1.29 is 0 Å². The van der Waals surface area contributed by atoms with Gasteiger partial charge in [-0.15, -0.1) is 24.0 Å². The van der Waals surface area contributed by atoms with Crippen LogP contribution < -0.4 is 10.6 Å². The standard InChI is InChI=1S/C12H27N3.HI/c1-7-13-12(14-8-9(2)3)15-11(6)10(4)5;/h9-11H,7-8H2,1-6H3,(H2,13,14,15);1H. The smallest absolute Gasteiger partial charge is 0.191 e. The van der Waals surface area contributed by atoms with Gasteiger partial charge in [0.1, 0.15) is 0 Å². The van der Waals surface area contributed by atoms with E-state index in [1.807, 2.05) is 0 Å². The molecule has 0 aromatic heterocycles. The second-order valence-corrected chi connectivity index (χ2v) is 4.79. The van der Waals surface area contributed by atoms with E-state index in [2.05, 4.69) is 57.2 Å². The molecule has 0 aliphatic heterocycles. The van der Waals surface area contributed by atoms with Crippen LogP contribution >= 0.6 is 24.0 Å². The van der Waals surface area contributed by atoms with Crippen LogP contribution in [-0.2, 0) is 0 Å². The Bertz CT molecular complexity index is 191. The third kappa shape index (κ3) is 9.24. The van der Waals surface area contributed by atoms with E-state index in [9.17, 15) is 0 Å². The highest BCUT2D eigenvalue weighted by Gasteiger charge is 2.08. The van der Waals surface area contributed by atoms with Crippen LogP contribution in [0, 0.1) is 11.8 Å². The fourth-order valence-corrected chi connectivity index (χ4v) is 0.976. The third-order valence-electron chi connectivity index (χ3n) is 2.32. The van der Waals surface area contributed by atoms with Crippen molar-refractivity contribution in [2.24, 2.45) is 16.8 Å². The number of hydrogen-bond acceptors (Lipinski definition) is 1. The Labute approximate surface area is 118 Å². The van der Waals surface area contributed by atoms with Crippen molar-refractivity contribution in [1.82, 2.24) is 10.6 Å². The van der Waals surface area contributed by atoms with Gasteiger partial charge in [-0.1, -0.05) is 27.7 Å². The largest absolute Gasteiger partial charge is 0.357 e. The first kappa shape index (κ1) is 18.4. The van der Waals surface area contributed by atoms with Crippen LogP contribution in [0.2, 0.25) is 0 Å². The van der Waals surface area contributed by atoms with E-state index in [4.69, 9.17) is 0 Å². The summed E-state index contributed by atoms with van der Waals surface area (Å²) in [5.41, 5.74) is 0. The van der Waals surface area contributed by atoms with Crippen molar-refractivity contribution in [3.8, 4) is 0 Å². The maximum atomic E-state index is 4.53. The van der Waals surface area contributed by atoms with E-state index in [0.29, 0.717) is 17.9 Å². The van der Waals surface area contributed by atoms with Crippen LogP contribution in [0.5, 0.6) is 0 Å². The highest BCUT2D eigenvalue weighted by molar-refractivity contribution is 14.0. The van der Waals surface area contributed by atoms with Gasteiger partial charge in [0.25, 0.3) is 0 Å². The first-order valence-corrected chi connectivity index (χ1v) is 6.02. The van der Waals surface area contributed by atoms with Crippen molar-refractivity contribution in [3.05, 3.63) is 0 Å². The van der Waals surface area contributed by atoms with Crippen molar-refractivity contribution >= 4 is 29.9 Å². The van der Waals surface area contributed by atoms with Crippen LogP contribution in [-0.4, -0.2) is 25.1 Å². The summed E-state index contributed by atoms with van der Waals surface area (Å²) in [7, 11) is 0. The highest BCUT2D eigenvalue weighted by Crippen LogP contribution is 1.99. The summed E-state index contributed by atoms with van der Waals surface area (Å²) in [5, 5.41) is 6.67. The molecular weight excluding hydrogens is 313 g/mol. The van der Waals surface area contributed by atoms with Gasteiger partial charge >= 0.3 is 0 Å². The molecule has 0 fully saturated rings. The Hall–Kier alpha value is 0. The van der Waals surface area contributed by atoms with Gasteiger partial charge in [-0.05, 0) is 25.7 Å². The maximum Gasteiger partial charge on any atom is 0.191 e. The van der Waals surface area contributed by atoms with Crippen LogP contribution in [0.1, 0.15) is 41.5 Å². The lowest BCUT2D eigenvalue weighted by molar-refractivity contribution is 0.480. The molecule has 1 atom stereocenters. The topological polar surface area (TPSA) is 36.4 Å². The number of rotatable bonds is 5. The molecule has 2 N–H and O–H groups in total. The summed E-state index contributed by atoms with van der Waals surface area (Å²) >= 11 is 0. The summed E-state index contributed by atoms with van der Waals surface area (Å²) in [6, 6.07) is 0.454. The molecule has 0 spiro atoms. The fourth-order valence-electron chi connectivity index (χ4n) is 0.976. The Morgan fingerprint density at radius 1 is 1.12 bits per heavy atom. The van der Waals surface area contributed by atoms with Gasteiger partial charge < -0.3 is 10.6 Å². The van der Waals surface area contributed by atoms with Gasteiger partial charge in [-0.3, -0.25) is 4.99 Å². The van der Waals surface area contributed by atoms with Crippen molar-refractivity contribution in [2.45, 2.75) is 47.6 Å². The zero-order valence-corrected chi connectivity index (χ0v) is 13.8. The van der Waals surface area contributed by atoms with E-state index in [1.54, 1.807) is 0 Å². The molecule has 0 bridgehead atoms. The summed E-state index contributed by atoms with van der Waals surface area (Å²) in [6.07, 6.45) is 0. The summed E-state index contributed by atoms with van der Waals surface area (Å²) in [5.74, 6) is 2.16. The summed E-state index contributed by atoms with van der Waals surface area (Å²) < 4.78 is 0. The van der Waals surface area contributed by atoms with Gasteiger partial charge in [0, 0.05) is 19.1 Å². The molecular formula is C12H28IN3. The number of hydrogen-bond donors (Lipinski definition) is 2. The van der Waals surface area contributed by atoms with Gasteiger partial charge in [0.05, 0.1) is 0 Å². The lowest BCUT2D eigenvalue weighted by Gasteiger charge is -2.20. The molecule has 0 rings (SSSR count). The number of aliphatic imine (C=N–C) groups is 1. The molecule has 3 nitrogen and oxygen atoms in total. The molecule has 16 heavy (non-hydrogen) atoms. The average Bonchev–Trinajstić information content (AvgIpc) is 2.14. The van der Waals surface area contributed by atoms with Crippen LogP contribution in [0.15, 0.2) is 4.99 Å².